The van der Waals surface area contributed by atoms with Crippen LogP contribution in [0.25, 0.3) is 16.0 Å². The Kier molecular flexibility index (Phi) is 6.81. The van der Waals surface area contributed by atoms with Crippen molar-refractivity contribution in [2.24, 2.45) is 0 Å². The molecule has 178 valence electrons. The van der Waals surface area contributed by atoms with E-state index < -0.39 is 11.5 Å². The minimum absolute atomic E-state index is 0.0958. The Morgan fingerprint density at radius 1 is 1.11 bits per heavy atom. The molecule has 3 aromatic rings. The minimum atomic E-state index is -0.787. The van der Waals surface area contributed by atoms with Gasteiger partial charge in [-0.25, -0.2) is 9.83 Å². The molecular formula is C27H25FN4O2S. The molecular weight excluding hydrogens is 463 g/mol. The summed E-state index contributed by atoms with van der Waals surface area (Å²) in [4.78, 5) is 23.8. The molecule has 35 heavy (non-hydrogen) atoms. The monoisotopic (exact) mass is 488 g/mol. The molecule has 1 fully saturated rings. The van der Waals surface area contributed by atoms with Crippen LogP contribution < -0.4 is 9.64 Å². The summed E-state index contributed by atoms with van der Waals surface area (Å²) in [5.41, 5.74) is 2.87. The molecule has 2 heterocycles. The van der Waals surface area contributed by atoms with Crippen molar-refractivity contribution in [3.05, 3.63) is 83.7 Å². The van der Waals surface area contributed by atoms with Gasteiger partial charge in [-0.2, -0.15) is 4.39 Å². The van der Waals surface area contributed by atoms with Gasteiger partial charge in [0, 0.05) is 24.5 Å². The molecule has 0 aliphatic carbocycles. The lowest BCUT2D eigenvalue weighted by Gasteiger charge is -2.29. The quantitative estimate of drug-likeness (QED) is 0.179. The van der Waals surface area contributed by atoms with Crippen LogP contribution in [0.15, 0.2) is 60.8 Å². The van der Waals surface area contributed by atoms with Gasteiger partial charge in [-0.3, -0.25) is 9.69 Å². The molecule has 1 aliphatic heterocycles. The SMILES string of the molecule is [C-]#[N+]c1ccc(N2C(=O)C(C)(C)N(CCCOc3ccc(-c4ccnc(F)c4)cc3)C2=S)cc1C. The fourth-order valence-corrected chi connectivity index (χ4v) is 4.59. The summed E-state index contributed by atoms with van der Waals surface area (Å²) in [6.07, 6.45) is 2.10. The number of hydrogen-bond acceptors (Lipinski definition) is 4. The number of thiocarbonyl (C=S) groups is 1. The molecule has 0 unspecified atom stereocenters. The highest BCUT2D eigenvalue weighted by Crippen LogP contribution is 2.34. The zero-order valence-corrected chi connectivity index (χ0v) is 20.6. The molecule has 0 bridgehead atoms. The predicted octanol–water partition coefficient (Wildman–Crippen LogP) is 5.93. The summed E-state index contributed by atoms with van der Waals surface area (Å²) in [5, 5.41) is 0.448. The van der Waals surface area contributed by atoms with Gasteiger partial charge in [-0.05, 0) is 86.4 Å². The van der Waals surface area contributed by atoms with Crippen molar-refractivity contribution in [1.29, 1.82) is 0 Å². The number of benzene rings is 2. The number of carbonyl (C=O) groups is 1. The van der Waals surface area contributed by atoms with Crippen LogP contribution >= 0.6 is 12.2 Å². The van der Waals surface area contributed by atoms with Gasteiger partial charge >= 0.3 is 0 Å². The Hall–Kier alpha value is -3.83. The van der Waals surface area contributed by atoms with Crippen molar-refractivity contribution in [3.8, 4) is 16.9 Å². The van der Waals surface area contributed by atoms with Crippen LogP contribution in [-0.4, -0.2) is 39.6 Å². The summed E-state index contributed by atoms with van der Waals surface area (Å²) >= 11 is 5.69. The molecule has 1 amide bonds. The normalized spacial score (nSPS) is 14.8. The van der Waals surface area contributed by atoms with E-state index in [0.717, 1.165) is 16.7 Å². The Morgan fingerprint density at radius 2 is 1.86 bits per heavy atom. The Balaban J connectivity index is 1.37. The van der Waals surface area contributed by atoms with E-state index in [1.165, 1.54) is 12.3 Å². The maximum atomic E-state index is 13.4. The standard InChI is InChI=1S/C27H25FN4O2S/c1-18-16-21(8-11-23(18)29-4)32-25(33)27(2,3)31(26(32)35)14-5-15-34-22-9-6-19(7-10-22)20-12-13-30-24(28)17-20/h6-13,16-17H,5,14-15H2,1-3H3. The maximum absolute atomic E-state index is 13.4. The fourth-order valence-electron chi connectivity index (χ4n) is 4.08. The molecule has 0 atom stereocenters. The van der Waals surface area contributed by atoms with E-state index in [1.54, 1.807) is 23.1 Å². The molecule has 8 heteroatoms. The first-order valence-electron chi connectivity index (χ1n) is 11.2. The number of rotatable bonds is 7. The Morgan fingerprint density at radius 3 is 2.51 bits per heavy atom. The first-order chi connectivity index (χ1) is 16.7. The lowest BCUT2D eigenvalue weighted by molar-refractivity contribution is -0.123. The van der Waals surface area contributed by atoms with Gasteiger partial charge in [0.25, 0.3) is 5.91 Å². The molecule has 0 saturated carbocycles. The van der Waals surface area contributed by atoms with Crippen LogP contribution in [0.4, 0.5) is 15.8 Å². The number of anilines is 1. The van der Waals surface area contributed by atoms with Crippen molar-refractivity contribution >= 4 is 34.6 Å². The number of ether oxygens (including phenoxy) is 1. The summed E-state index contributed by atoms with van der Waals surface area (Å²) < 4.78 is 19.2. The second-order valence-electron chi connectivity index (χ2n) is 8.81. The number of amides is 1. The topological polar surface area (TPSA) is 50.0 Å². The molecule has 1 saturated heterocycles. The number of aryl methyl sites for hydroxylation is 1. The first kappa shape index (κ1) is 24.3. The number of halogens is 1. The second-order valence-corrected chi connectivity index (χ2v) is 9.18. The fraction of sp³-hybridized carbons (Fsp3) is 0.259. The van der Waals surface area contributed by atoms with Crippen LogP contribution in [0.1, 0.15) is 25.8 Å². The highest BCUT2D eigenvalue weighted by Gasteiger charge is 2.49. The number of nitrogens with zero attached hydrogens (tertiary/aromatic N) is 4. The van der Waals surface area contributed by atoms with E-state index in [0.29, 0.717) is 41.8 Å². The van der Waals surface area contributed by atoms with E-state index in [-0.39, 0.29) is 5.91 Å². The highest BCUT2D eigenvalue weighted by atomic mass is 32.1. The molecule has 1 aliphatic rings. The van der Waals surface area contributed by atoms with E-state index in [9.17, 15) is 9.18 Å². The average molecular weight is 489 g/mol. The summed E-state index contributed by atoms with van der Waals surface area (Å²) in [6.45, 7) is 13.8. The molecule has 0 N–H and O–H groups in total. The zero-order valence-electron chi connectivity index (χ0n) is 19.8. The van der Waals surface area contributed by atoms with Crippen LogP contribution in [0.3, 0.4) is 0 Å². The van der Waals surface area contributed by atoms with Crippen molar-refractivity contribution in [2.45, 2.75) is 32.7 Å². The van der Waals surface area contributed by atoms with E-state index in [2.05, 4.69) is 9.83 Å². The predicted molar refractivity (Wildman–Crippen MR) is 138 cm³/mol. The van der Waals surface area contributed by atoms with Gasteiger partial charge < -0.3 is 9.64 Å². The molecule has 2 aromatic carbocycles. The molecule has 0 spiro atoms. The minimum Gasteiger partial charge on any atom is -0.494 e. The van der Waals surface area contributed by atoms with Gasteiger partial charge in [0.15, 0.2) is 10.8 Å². The zero-order chi connectivity index (χ0) is 25.2. The van der Waals surface area contributed by atoms with Crippen molar-refractivity contribution in [3.63, 3.8) is 0 Å². The van der Waals surface area contributed by atoms with Gasteiger partial charge in [-0.1, -0.05) is 18.2 Å². The van der Waals surface area contributed by atoms with Crippen LogP contribution in [0.5, 0.6) is 5.75 Å². The Labute approximate surface area is 209 Å². The third kappa shape index (κ3) is 4.86. The lowest BCUT2D eigenvalue weighted by Crippen LogP contribution is -2.44. The van der Waals surface area contributed by atoms with Crippen molar-refractivity contribution in [1.82, 2.24) is 9.88 Å². The molecule has 6 nitrogen and oxygen atoms in total. The second kappa shape index (κ2) is 9.80. The number of hydrogen-bond donors (Lipinski definition) is 0. The largest absolute Gasteiger partial charge is 0.494 e. The third-order valence-corrected chi connectivity index (χ3v) is 6.49. The smallest absolute Gasteiger partial charge is 0.258 e. The van der Waals surface area contributed by atoms with Crippen LogP contribution in [0, 0.1) is 19.4 Å². The molecule has 0 radical (unpaired) electrons. The molecule has 4 rings (SSSR count). The first-order valence-corrected chi connectivity index (χ1v) is 11.6. The maximum Gasteiger partial charge on any atom is 0.258 e. The van der Waals surface area contributed by atoms with Gasteiger partial charge in [-0.15, -0.1) is 0 Å². The van der Waals surface area contributed by atoms with Crippen LogP contribution in [0.2, 0.25) is 0 Å². The summed E-state index contributed by atoms with van der Waals surface area (Å²) in [5.74, 6) is 0.0966. The van der Waals surface area contributed by atoms with Crippen molar-refractivity contribution < 1.29 is 13.9 Å². The highest BCUT2D eigenvalue weighted by molar-refractivity contribution is 7.80. The van der Waals surface area contributed by atoms with E-state index >= 15 is 0 Å². The molecule has 1 aromatic heterocycles. The third-order valence-electron chi connectivity index (χ3n) is 6.09. The van der Waals surface area contributed by atoms with Gasteiger partial charge in [0.05, 0.1) is 13.2 Å². The summed E-state index contributed by atoms with van der Waals surface area (Å²) in [6, 6.07) is 15.9. The van der Waals surface area contributed by atoms with E-state index in [1.807, 2.05) is 56.0 Å². The van der Waals surface area contributed by atoms with Crippen LogP contribution in [-0.2, 0) is 4.79 Å². The average Bonchev–Trinajstić information content (AvgIpc) is 3.00. The number of aromatic nitrogens is 1. The number of pyridine rings is 1. The summed E-state index contributed by atoms with van der Waals surface area (Å²) in [7, 11) is 0. The van der Waals surface area contributed by atoms with Crippen molar-refractivity contribution in [2.75, 3.05) is 18.1 Å². The number of carbonyl (C=O) groups excluding carboxylic acids is 1. The van der Waals surface area contributed by atoms with E-state index in [4.69, 9.17) is 23.5 Å². The Bertz CT molecular complexity index is 1320. The lowest BCUT2D eigenvalue weighted by atomic mass is 10.0. The van der Waals surface area contributed by atoms with Gasteiger partial charge in [0.1, 0.15) is 11.3 Å². The van der Waals surface area contributed by atoms with Gasteiger partial charge in [0.2, 0.25) is 5.95 Å².